The van der Waals surface area contributed by atoms with Crippen molar-refractivity contribution in [2.24, 2.45) is 0 Å². The van der Waals surface area contributed by atoms with Crippen molar-refractivity contribution in [3.05, 3.63) is 130 Å². The summed E-state index contributed by atoms with van der Waals surface area (Å²) in [4.78, 5) is 0. The van der Waals surface area contributed by atoms with Crippen LogP contribution in [-0.2, 0) is 19.3 Å². The Labute approximate surface area is 193 Å². The first-order valence-corrected chi connectivity index (χ1v) is 11.2. The largest absolute Gasteiger partial charge is 0.205 e. The van der Waals surface area contributed by atoms with Gasteiger partial charge in [0, 0.05) is 0 Å². The Morgan fingerprint density at radius 2 is 1.16 bits per heavy atom. The molecule has 0 radical (unpaired) electrons. The fraction of sp³-hybridized carbons (Fsp3) is 0.172. The van der Waals surface area contributed by atoms with Gasteiger partial charge in [-0.25, -0.2) is 8.78 Å². The van der Waals surface area contributed by atoms with Gasteiger partial charge in [0.15, 0.2) is 0 Å². The van der Waals surface area contributed by atoms with E-state index in [2.05, 4.69) is 79.7 Å². The Morgan fingerprint density at radius 1 is 0.656 bits per heavy atom. The molecule has 4 aromatic rings. The van der Waals surface area contributed by atoms with Crippen LogP contribution >= 0.6 is 11.6 Å². The number of aryl methyl sites for hydroxylation is 2. The molecule has 0 fully saturated rings. The maximum Gasteiger partial charge on any atom is 0.145 e. The number of halogens is 3. The van der Waals surface area contributed by atoms with Gasteiger partial charge in [-0.2, -0.15) is 0 Å². The Morgan fingerprint density at radius 3 is 1.72 bits per heavy atom. The van der Waals surface area contributed by atoms with Gasteiger partial charge in [-0.1, -0.05) is 97.4 Å². The maximum atomic E-state index is 13.6. The summed E-state index contributed by atoms with van der Waals surface area (Å²) < 4.78 is 27.2. The molecule has 0 saturated carbocycles. The van der Waals surface area contributed by atoms with Crippen molar-refractivity contribution in [3.8, 4) is 11.1 Å². The van der Waals surface area contributed by atoms with Gasteiger partial charge in [-0.05, 0) is 70.7 Å². The quantitative estimate of drug-likeness (QED) is 0.250. The molecule has 0 N–H and O–H groups in total. The van der Waals surface area contributed by atoms with Crippen LogP contribution in [0.2, 0.25) is 5.02 Å². The van der Waals surface area contributed by atoms with Crippen LogP contribution < -0.4 is 0 Å². The summed E-state index contributed by atoms with van der Waals surface area (Å²) in [6.07, 6.45) is 2.27. The van der Waals surface area contributed by atoms with E-state index in [1.54, 1.807) is 0 Å². The monoisotopic (exact) mass is 446 g/mol. The minimum absolute atomic E-state index is 0.446. The third-order valence-corrected chi connectivity index (χ3v) is 6.26. The molecule has 162 valence electrons. The molecule has 0 aliphatic heterocycles. The van der Waals surface area contributed by atoms with Crippen LogP contribution in [0.3, 0.4) is 0 Å². The first-order valence-electron chi connectivity index (χ1n) is 10.9. The van der Waals surface area contributed by atoms with Crippen molar-refractivity contribution in [1.29, 1.82) is 0 Å². The van der Waals surface area contributed by atoms with Crippen LogP contribution in [0.5, 0.6) is 0 Å². The molecule has 3 heteroatoms. The molecule has 32 heavy (non-hydrogen) atoms. The molecular weight excluding hydrogens is 422 g/mol. The molecule has 0 aliphatic carbocycles. The van der Waals surface area contributed by atoms with Crippen molar-refractivity contribution < 1.29 is 8.78 Å². The van der Waals surface area contributed by atoms with E-state index in [1.165, 1.54) is 28.8 Å². The Kier molecular flexibility index (Phi) is 7.02. The molecule has 0 heterocycles. The average Bonchev–Trinajstić information content (AvgIpc) is 2.82. The van der Waals surface area contributed by atoms with Crippen LogP contribution in [0.1, 0.15) is 35.1 Å². The molecule has 0 spiro atoms. The average molecular weight is 447 g/mol. The van der Waals surface area contributed by atoms with E-state index in [1.807, 2.05) is 6.07 Å². The molecule has 0 aromatic heterocycles. The molecule has 1 unspecified atom stereocenters. The first kappa shape index (κ1) is 22.2. The fourth-order valence-corrected chi connectivity index (χ4v) is 4.10. The van der Waals surface area contributed by atoms with Crippen molar-refractivity contribution >= 4 is 11.6 Å². The lowest BCUT2D eigenvalue weighted by Gasteiger charge is -2.12. The van der Waals surface area contributed by atoms with Crippen molar-refractivity contribution in [2.75, 3.05) is 0 Å². The lowest BCUT2D eigenvalue weighted by atomic mass is 9.93. The van der Waals surface area contributed by atoms with Gasteiger partial charge in [-0.3, -0.25) is 0 Å². The van der Waals surface area contributed by atoms with Gasteiger partial charge in [-0.15, -0.1) is 0 Å². The van der Waals surface area contributed by atoms with Gasteiger partial charge in [0.1, 0.15) is 16.7 Å². The fourth-order valence-electron chi connectivity index (χ4n) is 3.99. The van der Waals surface area contributed by atoms with Gasteiger partial charge < -0.3 is 0 Å². The zero-order chi connectivity index (χ0) is 22.5. The van der Waals surface area contributed by atoms with Gasteiger partial charge in [0.2, 0.25) is 0 Å². The van der Waals surface area contributed by atoms with Gasteiger partial charge in [0.05, 0.1) is 0 Å². The SMILES string of the molecule is CC(Cc1ccc(-c2ccc(CCc3cc(F)c(Cl)c(F)c3)cc2)cc1)c1ccccc1. The summed E-state index contributed by atoms with van der Waals surface area (Å²) in [5, 5.41) is -0.446. The van der Waals surface area contributed by atoms with Crippen LogP contribution in [0.25, 0.3) is 11.1 Å². The highest BCUT2D eigenvalue weighted by Crippen LogP contribution is 2.25. The number of hydrogen-bond acceptors (Lipinski definition) is 0. The number of hydrogen-bond donors (Lipinski definition) is 0. The highest BCUT2D eigenvalue weighted by Gasteiger charge is 2.09. The Bertz CT molecular complexity index is 1140. The van der Waals surface area contributed by atoms with E-state index in [-0.39, 0.29) is 0 Å². The molecule has 0 nitrogen and oxygen atoms in total. The van der Waals surface area contributed by atoms with Gasteiger partial charge in [0.25, 0.3) is 0 Å². The van der Waals surface area contributed by atoms with E-state index in [0.29, 0.717) is 24.3 Å². The second-order valence-corrected chi connectivity index (χ2v) is 8.66. The zero-order valence-electron chi connectivity index (χ0n) is 18.0. The highest BCUT2D eigenvalue weighted by molar-refractivity contribution is 6.30. The van der Waals surface area contributed by atoms with Crippen LogP contribution in [0.4, 0.5) is 8.78 Å². The Balaban J connectivity index is 1.37. The molecular formula is C29H25ClF2. The highest BCUT2D eigenvalue weighted by atomic mass is 35.5. The number of benzene rings is 4. The minimum Gasteiger partial charge on any atom is -0.205 e. The molecule has 4 aromatic carbocycles. The topological polar surface area (TPSA) is 0 Å². The normalized spacial score (nSPS) is 12.0. The van der Waals surface area contributed by atoms with Gasteiger partial charge >= 0.3 is 0 Å². The van der Waals surface area contributed by atoms with E-state index in [9.17, 15) is 8.78 Å². The standard InChI is InChI=1S/C29H25ClF2/c1-20(24-5-3-2-4-6-24)17-22-11-15-26(16-12-22)25-13-9-21(10-14-25)7-8-23-18-27(31)29(30)28(32)19-23/h2-6,9-16,18-20H,7-8,17H2,1H3. The van der Waals surface area contributed by atoms with E-state index in [4.69, 9.17) is 11.6 Å². The molecule has 0 bridgehead atoms. The molecule has 0 aliphatic rings. The summed E-state index contributed by atoms with van der Waals surface area (Å²) in [5.41, 5.74) is 6.74. The molecule has 1 atom stereocenters. The van der Waals surface area contributed by atoms with Crippen LogP contribution in [0, 0.1) is 11.6 Å². The minimum atomic E-state index is -0.710. The predicted molar refractivity (Wildman–Crippen MR) is 129 cm³/mol. The molecule has 0 saturated heterocycles. The zero-order valence-corrected chi connectivity index (χ0v) is 18.7. The van der Waals surface area contributed by atoms with Crippen molar-refractivity contribution in [1.82, 2.24) is 0 Å². The second-order valence-electron chi connectivity index (χ2n) is 8.28. The third kappa shape index (κ3) is 5.44. The third-order valence-electron chi connectivity index (χ3n) is 5.90. The van der Waals surface area contributed by atoms with E-state index < -0.39 is 16.7 Å². The first-order chi connectivity index (χ1) is 15.5. The maximum absolute atomic E-state index is 13.6. The van der Waals surface area contributed by atoms with Crippen molar-refractivity contribution in [2.45, 2.75) is 32.1 Å². The lowest BCUT2D eigenvalue weighted by molar-refractivity contribution is 0.580. The molecule has 4 rings (SSSR count). The number of rotatable bonds is 7. The predicted octanol–water partition coefficient (Wildman–Crippen LogP) is 8.42. The summed E-state index contributed by atoms with van der Waals surface area (Å²) in [5.74, 6) is -0.943. The summed E-state index contributed by atoms with van der Waals surface area (Å²) in [6, 6.07) is 30.3. The molecule has 0 amide bonds. The summed E-state index contributed by atoms with van der Waals surface area (Å²) >= 11 is 5.55. The smallest absolute Gasteiger partial charge is 0.145 e. The van der Waals surface area contributed by atoms with Crippen molar-refractivity contribution in [3.63, 3.8) is 0 Å². The summed E-state index contributed by atoms with van der Waals surface area (Å²) in [6.45, 7) is 2.26. The van der Waals surface area contributed by atoms with E-state index >= 15 is 0 Å². The summed E-state index contributed by atoms with van der Waals surface area (Å²) in [7, 11) is 0. The van der Waals surface area contributed by atoms with Crippen LogP contribution in [0.15, 0.2) is 91.0 Å². The second kappa shape index (κ2) is 10.1. The van der Waals surface area contributed by atoms with E-state index in [0.717, 1.165) is 17.5 Å². The lowest BCUT2D eigenvalue weighted by Crippen LogP contribution is -1.98. The Hall–Kier alpha value is -2.97. The van der Waals surface area contributed by atoms with Crippen LogP contribution in [-0.4, -0.2) is 0 Å².